The van der Waals surface area contributed by atoms with Crippen molar-refractivity contribution in [3.63, 3.8) is 0 Å². The molecule has 1 aliphatic rings. The summed E-state index contributed by atoms with van der Waals surface area (Å²) in [7, 11) is 0. The molecular formula is C11H24N4O. The molecule has 1 saturated heterocycles. The van der Waals surface area contributed by atoms with E-state index >= 15 is 0 Å². The first-order valence-corrected chi connectivity index (χ1v) is 5.88. The smallest absolute Gasteiger partial charge is 0.238 e. The molecule has 0 saturated carbocycles. The quantitative estimate of drug-likeness (QED) is 0.661. The fraction of sp³-hybridized carbons (Fsp3) is 0.909. The molecule has 5 heteroatoms. The molecule has 94 valence electrons. The molecule has 1 rings (SSSR count). The van der Waals surface area contributed by atoms with Gasteiger partial charge in [-0.2, -0.15) is 0 Å². The molecule has 0 aliphatic carbocycles. The van der Waals surface area contributed by atoms with Crippen LogP contribution in [0.1, 0.15) is 20.8 Å². The minimum absolute atomic E-state index is 0.432. The van der Waals surface area contributed by atoms with Crippen molar-refractivity contribution in [2.75, 3.05) is 32.7 Å². The third-order valence-corrected chi connectivity index (χ3v) is 3.25. The lowest BCUT2D eigenvalue weighted by Gasteiger charge is -2.39. The molecule has 1 aliphatic heterocycles. The second-order valence-electron chi connectivity index (χ2n) is 5.19. The number of carbonyl (C=O) groups is 1. The summed E-state index contributed by atoms with van der Waals surface area (Å²) in [5, 5.41) is 0. The van der Waals surface area contributed by atoms with Crippen LogP contribution in [0.15, 0.2) is 0 Å². The van der Waals surface area contributed by atoms with Crippen LogP contribution in [0.5, 0.6) is 0 Å². The molecule has 5 nitrogen and oxygen atoms in total. The van der Waals surface area contributed by atoms with Gasteiger partial charge >= 0.3 is 0 Å². The number of amides is 1. The van der Waals surface area contributed by atoms with Gasteiger partial charge in [0.15, 0.2) is 0 Å². The van der Waals surface area contributed by atoms with E-state index in [1.807, 2.05) is 0 Å². The first-order valence-electron chi connectivity index (χ1n) is 5.88. The molecular weight excluding hydrogens is 204 g/mol. The number of hydrogen-bond donors (Lipinski definition) is 2. The maximum absolute atomic E-state index is 11.1. The Labute approximate surface area is 97.7 Å². The number of rotatable bonds is 4. The van der Waals surface area contributed by atoms with Gasteiger partial charge in [0.1, 0.15) is 5.54 Å². The zero-order valence-corrected chi connectivity index (χ0v) is 10.6. The molecule has 0 bridgehead atoms. The normalized spacial score (nSPS) is 23.3. The summed E-state index contributed by atoms with van der Waals surface area (Å²) in [6, 6.07) is 0.586. The van der Waals surface area contributed by atoms with Crippen molar-refractivity contribution >= 4 is 5.91 Å². The topological polar surface area (TPSA) is 75.6 Å². The molecule has 0 radical (unpaired) electrons. The molecule has 1 heterocycles. The van der Waals surface area contributed by atoms with Crippen molar-refractivity contribution in [2.45, 2.75) is 32.4 Å². The van der Waals surface area contributed by atoms with E-state index in [1.165, 1.54) is 0 Å². The van der Waals surface area contributed by atoms with Gasteiger partial charge in [-0.25, -0.2) is 0 Å². The van der Waals surface area contributed by atoms with E-state index in [-0.39, 0.29) is 0 Å². The van der Waals surface area contributed by atoms with Crippen LogP contribution in [0.2, 0.25) is 0 Å². The van der Waals surface area contributed by atoms with Crippen LogP contribution in [0.4, 0.5) is 0 Å². The fourth-order valence-corrected chi connectivity index (χ4v) is 1.98. The maximum Gasteiger partial charge on any atom is 0.238 e. The molecule has 0 aromatic carbocycles. The summed E-state index contributed by atoms with van der Waals surface area (Å²) in [4.78, 5) is 15.8. The molecule has 1 fully saturated rings. The Morgan fingerprint density at radius 2 is 1.81 bits per heavy atom. The number of carbonyl (C=O) groups excluding carboxylic acids is 1. The van der Waals surface area contributed by atoms with Gasteiger partial charge in [0.05, 0.1) is 0 Å². The average Bonchev–Trinajstić information content (AvgIpc) is 2.17. The van der Waals surface area contributed by atoms with E-state index in [0.717, 1.165) is 26.2 Å². The number of nitrogens with two attached hydrogens (primary N) is 2. The van der Waals surface area contributed by atoms with E-state index < -0.39 is 11.4 Å². The van der Waals surface area contributed by atoms with Gasteiger partial charge in [0.25, 0.3) is 0 Å². The van der Waals surface area contributed by atoms with Crippen molar-refractivity contribution in [2.24, 2.45) is 11.5 Å². The van der Waals surface area contributed by atoms with Crippen LogP contribution in [-0.4, -0.2) is 60.0 Å². The van der Waals surface area contributed by atoms with Gasteiger partial charge in [0, 0.05) is 38.8 Å². The zero-order chi connectivity index (χ0) is 12.3. The molecule has 0 aromatic heterocycles. The van der Waals surface area contributed by atoms with Crippen molar-refractivity contribution in [3.8, 4) is 0 Å². The lowest BCUT2D eigenvalue weighted by atomic mass is 10.0. The average molecular weight is 228 g/mol. The van der Waals surface area contributed by atoms with Crippen LogP contribution >= 0.6 is 0 Å². The van der Waals surface area contributed by atoms with Crippen molar-refractivity contribution in [3.05, 3.63) is 0 Å². The number of nitrogens with zero attached hydrogens (tertiary/aromatic N) is 2. The van der Waals surface area contributed by atoms with Crippen molar-refractivity contribution in [1.82, 2.24) is 9.80 Å². The van der Waals surface area contributed by atoms with Gasteiger partial charge in [-0.3, -0.25) is 14.6 Å². The third kappa shape index (κ3) is 3.43. The molecule has 0 aromatic rings. The second-order valence-corrected chi connectivity index (χ2v) is 5.19. The van der Waals surface area contributed by atoms with E-state index in [2.05, 4.69) is 23.6 Å². The Hall–Kier alpha value is -0.650. The first-order chi connectivity index (χ1) is 7.33. The first kappa shape index (κ1) is 13.4. The van der Waals surface area contributed by atoms with E-state index in [9.17, 15) is 4.79 Å². The maximum atomic E-state index is 11.1. The molecule has 1 amide bonds. The van der Waals surface area contributed by atoms with Crippen LogP contribution in [0.3, 0.4) is 0 Å². The summed E-state index contributed by atoms with van der Waals surface area (Å²) in [6.45, 7) is 10.6. The highest BCUT2D eigenvalue weighted by Crippen LogP contribution is 2.09. The van der Waals surface area contributed by atoms with Crippen molar-refractivity contribution in [1.29, 1.82) is 0 Å². The van der Waals surface area contributed by atoms with E-state index in [4.69, 9.17) is 11.5 Å². The van der Waals surface area contributed by atoms with Crippen LogP contribution in [0.25, 0.3) is 0 Å². The molecule has 1 atom stereocenters. The Morgan fingerprint density at radius 3 is 2.19 bits per heavy atom. The Kier molecular flexibility index (Phi) is 4.29. The van der Waals surface area contributed by atoms with Crippen LogP contribution in [-0.2, 0) is 4.79 Å². The third-order valence-electron chi connectivity index (χ3n) is 3.25. The SMILES string of the molecule is CC(C)N1CCN(CC(C)(N)C(N)=O)CC1. The second kappa shape index (κ2) is 5.12. The highest BCUT2D eigenvalue weighted by molar-refractivity contribution is 5.84. The highest BCUT2D eigenvalue weighted by Gasteiger charge is 2.30. The monoisotopic (exact) mass is 228 g/mol. The van der Waals surface area contributed by atoms with E-state index in [1.54, 1.807) is 6.92 Å². The zero-order valence-electron chi connectivity index (χ0n) is 10.6. The lowest BCUT2D eigenvalue weighted by Crippen LogP contribution is -2.60. The summed E-state index contributed by atoms with van der Waals surface area (Å²) in [5.41, 5.74) is 10.2. The Balaban J connectivity index is 2.40. The molecule has 0 spiro atoms. The van der Waals surface area contributed by atoms with Crippen LogP contribution < -0.4 is 11.5 Å². The highest BCUT2D eigenvalue weighted by atomic mass is 16.1. The minimum Gasteiger partial charge on any atom is -0.368 e. The van der Waals surface area contributed by atoms with Gasteiger partial charge in [0.2, 0.25) is 5.91 Å². The number of piperazine rings is 1. The standard InChI is InChI=1S/C11H24N4O/c1-9(2)15-6-4-14(5-7-15)8-11(3,13)10(12)16/h9H,4-8,13H2,1-3H3,(H2,12,16). The Morgan fingerprint density at radius 1 is 1.31 bits per heavy atom. The van der Waals surface area contributed by atoms with Gasteiger partial charge < -0.3 is 11.5 Å². The van der Waals surface area contributed by atoms with Gasteiger partial charge in [-0.15, -0.1) is 0 Å². The summed E-state index contributed by atoms with van der Waals surface area (Å²) in [6.07, 6.45) is 0. The molecule has 16 heavy (non-hydrogen) atoms. The Bertz CT molecular complexity index is 244. The van der Waals surface area contributed by atoms with Crippen LogP contribution in [0, 0.1) is 0 Å². The van der Waals surface area contributed by atoms with Gasteiger partial charge in [-0.05, 0) is 20.8 Å². The predicted molar refractivity (Wildman–Crippen MR) is 64.9 cm³/mol. The summed E-state index contributed by atoms with van der Waals surface area (Å²) >= 11 is 0. The van der Waals surface area contributed by atoms with Crippen molar-refractivity contribution < 1.29 is 4.79 Å². The largest absolute Gasteiger partial charge is 0.368 e. The van der Waals surface area contributed by atoms with E-state index in [0.29, 0.717) is 12.6 Å². The fourth-order valence-electron chi connectivity index (χ4n) is 1.98. The number of hydrogen-bond acceptors (Lipinski definition) is 4. The summed E-state index contributed by atoms with van der Waals surface area (Å²) in [5.74, 6) is -0.432. The molecule has 4 N–H and O–H groups in total. The predicted octanol–water partition coefficient (Wildman–Crippen LogP) is -0.785. The lowest BCUT2D eigenvalue weighted by molar-refractivity contribution is -0.123. The van der Waals surface area contributed by atoms with Gasteiger partial charge in [-0.1, -0.05) is 0 Å². The molecule has 1 unspecified atom stereocenters. The minimum atomic E-state index is -0.917. The summed E-state index contributed by atoms with van der Waals surface area (Å²) < 4.78 is 0. The number of primary amides is 1.